The number of ether oxygens (including phenoxy) is 2. The number of nitrogens with zero attached hydrogens (tertiary/aromatic N) is 1. The van der Waals surface area contributed by atoms with Crippen molar-refractivity contribution in [2.45, 2.75) is 6.04 Å². The fourth-order valence-electron chi connectivity index (χ4n) is 2.59. The van der Waals surface area contributed by atoms with Gasteiger partial charge in [-0.05, 0) is 0 Å². The lowest BCUT2D eigenvalue weighted by Gasteiger charge is -2.35. The lowest BCUT2D eigenvalue weighted by atomic mass is 10.0. The highest BCUT2D eigenvalue weighted by atomic mass is 16.5. The highest BCUT2D eigenvalue weighted by molar-refractivity contribution is 5.51. The molecule has 0 radical (unpaired) electrons. The van der Waals surface area contributed by atoms with E-state index in [1.165, 1.54) is 7.11 Å². The number of methoxy groups -OCH3 is 2. The van der Waals surface area contributed by atoms with Gasteiger partial charge in [-0.15, -0.1) is 0 Å². The molecule has 1 aromatic rings. The van der Waals surface area contributed by atoms with Crippen LogP contribution in [0.2, 0.25) is 0 Å². The fraction of sp³-hybridized carbons (Fsp3) is 0.571. The minimum absolute atomic E-state index is 0.0732. The first kappa shape index (κ1) is 14.9. The molecule has 0 aliphatic carbocycles. The monoisotopic (exact) mass is 282 g/mol. The van der Waals surface area contributed by atoms with Crippen molar-refractivity contribution >= 4 is 0 Å². The molecular formula is C14H22N2O4. The zero-order chi connectivity index (χ0) is 14.5. The number of aromatic hydroxyl groups is 1. The van der Waals surface area contributed by atoms with E-state index in [9.17, 15) is 10.2 Å². The summed E-state index contributed by atoms with van der Waals surface area (Å²) in [6, 6.07) is 2.99. The summed E-state index contributed by atoms with van der Waals surface area (Å²) in [6.07, 6.45) is 0. The quantitative estimate of drug-likeness (QED) is 0.723. The molecule has 112 valence electrons. The number of benzene rings is 1. The van der Waals surface area contributed by atoms with Crippen LogP contribution in [0.5, 0.6) is 17.2 Å². The van der Waals surface area contributed by atoms with Gasteiger partial charge in [-0.3, -0.25) is 4.90 Å². The topological polar surface area (TPSA) is 74.2 Å². The third-order valence-electron chi connectivity index (χ3n) is 3.65. The molecular weight excluding hydrogens is 260 g/mol. The summed E-state index contributed by atoms with van der Waals surface area (Å²) in [5, 5.41) is 23.3. The van der Waals surface area contributed by atoms with Crippen LogP contribution < -0.4 is 14.8 Å². The summed E-state index contributed by atoms with van der Waals surface area (Å²) in [6.45, 7) is 3.31. The Balaban J connectivity index is 2.37. The van der Waals surface area contributed by atoms with Gasteiger partial charge in [0.1, 0.15) is 17.2 Å². The van der Waals surface area contributed by atoms with Gasteiger partial charge < -0.3 is 25.0 Å². The van der Waals surface area contributed by atoms with Gasteiger partial charge in [0.2, 0.25) is 0 Å². The standard InChI is InChI=1S/C14H22N2O4/c1-19-10-7-12(18)14(13(8-10)20-2)11(9-17)16-5-3-15-4-6-16/h7-8,11,15,17-18H,3-6,9H2,1-2H3/t11-/m1/s1. The number of phenols is 1. The second-order valence-corrected chi connectivity index (χ2v) is 4.75. The molecule has 0 amide bonds. The highest BCUT2D eigenvalue weighted by Crippen LogP contribution is 2.39. The van der Waals surface area contributed by atoms with Gasteiger partial charge in [0.05, 0.1) is 32.4 Å². The van der Waals surface area contributed by atoms with E-state index in [-0.39, 0.29) is 18.4 Å². The third-order valence-corrected chi connectivity index (χ3v) is 3.65. The summed E-state index contributed by atoms with van der Waals surface area (Å²) in [4.78, 5) is 2.14. The Morgan fingerprint density at radius 3 is 2.50 bits per heavy atom. The van der Waals surface area contributed by atoms with Crippen molar-refractivity contribution in [3.8, 4) is 17.2 Å². The second-order valence-electron chi connectivity index (χ2n) is 4.75. The lowest BCUT2D eigenvalue weighted by molar-refractivity contribution is 0.107. The Morgan fingerprint density at radius 2 is 1.95 bits per heavy atom. The number of aliphatic hydroxyl groups excluding tert-OH is 1. The summed E-state index contributed by atoms with van der Waals surface area (Å²) in [7, 11) is 3.08. The average molecular weight is 282 g/mol. The molecule has 6 nitrogen and oxygen atoms in total. The van der Waals surface area contributed by atoms with Gasteiger partial charge in [-0.2, -0.15) is 0 Å². The van der Waals surface area contributed by atoms with Gasteiger partial charge in [0, 0.05) is 38.3 Å². The SMILES string of the molecule is COc1cc(O)c([C@@H](CO)N2CCNCC2)c(OC)c1. The first-order valence-electron chi connectivity index (χ1n) is 6.71. The van der Waals surface area contributed by atoms with Crippen molar-refractivity contribution in [1.82, 2.24) is 10.2 Å². The van der Waals surface area contributed by atoms with Crippen LogP contribution in [0.3, 0.4) is 0 Å². The van der Waals surface area contributed by atoms with Crippen molar-refractivity contribution in [1.29, 1.82) is 0 Å². The van der Waals surface area contributed by atoms with E-state index >= 15 is 0 Å². The molecule has 1 saturated heterocycles. The van der Waals surface area contributed by atoms with E-state index in [0.29, 0.717) is 17.1 Å². The molecule has 2 rings (SSSR count). The number of nitrogens with one attached hydrogen (secondary N) is 1. The Labute approximate surface area is 118 Å². The van der Waals surface area contributed by atoms with Gasteiger partial charge in [-0.1, -0.05) is 0 Å². The van der Waals surface area contributed by atoms with Gasteiger partial charge in [-0.25, -0.2) is 0 Å². The number of rotatable bonds is 5. The number of hydrogen-bond acceptors (Lipinski definition) is 6. The first-order valence-corrected chi connectivity index (χ1v) is 6.71. The van der Waals surface area contributed by atoms with Crippen LogP contribution in [-0.2, 0) is 0 Å². The predicted octanol–water partition coefficient (Wildman–Crippen LogP) is 0.348. The second kappa shape index (κ2) is 6.78. The molecule has 6 heteroatoms. The van der Waals surface area contributed by atoms with E-state index in [2.05, 4.69) is 10.2 Å². The molecule has 20 heavy (non-hydrogen) atoms. The van der Waals surface area contributed by atoms with Crippen LogP contribution in [0.25, 0.3) is 0 Å². The highest BCUT2D eigenvalue weighted by Gasteiger charge is 2.27. The first-order chi connectivity index (χ1) is 9.71. The summed E-state index contributed by atoms with van der Waals surface area (Å²) < 4.78 is 10.5. The number of piperazine rings is 1. The van der Waals surface area contributed by atoms with Crippen LogP contribution in [0, 0.1) is 0 Å². The van der Waals surface area contributed by atoms with Gasteiger partial charge >= 0.3 is 0 Å². The Kier molecular flexibility index (Phi) is 5.05. The Bertz CT molecular complexity index is 447. The minimum atomic E-state index is -0.280. The molecule has 1 fully saturated rings. The summed E-state index contributed by atoms with van der Waals surface area (Å²) in [5.41, 5.74) is 0.609. The Morgan fingerprint density at radius 1 is 1.25 bits per heavy atom. The molecule has 0 aromatic heterocycles. The molecule has 1 atom stereocenters. The van der Waals surface area contributed by atoms with Crippen LogP contribution in [0.1, 0.15) is 11.6 Å². The summed E-state index contributed by atoms with van der Waals surface area (Å²) in [5.74, 6) is 1.14. The van der Waals surface area contributed by atoms with Gasteiger partial charge in [0.15, 0.2) is 0 Å². The van der Waals surface area contributed by atoms with E-state index in [4.69, 9.17) is 9.47 Å². The molecule has 0 bridgehead atoms. The zero-order valence-electron chi connectivity index (χ0n) is 11.9. The van der Waals surface area contributed by atoms with Crippen molar-refractivity contribution in [2.75, 3.05) is 47.0 Å². The maximum Gasteiger partial charge on any atom is 0.131 e. The summed E-state index contributed by atoms with van der Waals surface area (Å²) >= 11 is 0. The van der Waals surface area contributed by atoms with E-state index in [1.807, 2.05) is 0 Å². The van der Waals surface area contributed by atoms with E-state index in [1.54, 1.807) is 19.2 Å². The molecule has 1 heterocycles. The minimum Gasteiger partial charge on any atom is -0.507 e. The molecule has 1 aliphatic heterocycles. The molecule has 0 unspecified atom stereocenters. The van der Waals surface area contributed by atoms with Crippen LogP contribution in [0.4, 0.5) is 0 Å². The van der Waals surface area contributed by atoms with Crippen LogP contribution >= 0.6 is 0 Å². The third kappa shape index (κ3) is 2.98. The van der Waals surface area contributed by atoms with Crippen LogP contribution in [-0.4, -0.2) is 62.1 Å². The predicted molar refractivity (Wildman–Crippen MR) is 75.5 cm³/mol. The van der Waals surface area contributed by atoms with E-state index < -0.39 is 0 Å². The molecule has 0 spiro atoms. The lowest BCUT2D eigenvalue weighted by Crippen LogP contribution is -2.46. The molecule has 3 N–H and O–H groups in total. The molecule has 0 saturated carbocycles. The number of phenolic OH excluding ortho intramolecular Hbond substituents is 1. The Hall–Kier alpha value is -1.50. The maximum absolute atomic E-state index is 10.3. The van der Waals surface area contributed by atoms with Crippen molar-refractivity contribution < 1.29 is 19.7 Å². The normalized spacial score (nSPS) is 17.8. The molecule has 1 aromatic carbocycles. The number of aliphatic hydroxyl groups is 1. The fourth-order valence-corrected chi connectivity index (χ4v) is 2.59. The van der Waals surface area contributed by atoms with Crippen molar-refractivity contribution in [3.63, 3.8) is 0 Å². The van der Waals surface area contributed by atoms with Crippen LogP contribution in [0.15, 0.2) is 12.1 Å². The smallest absolute Gasteiger partial charge is 0.131 e. The molecule has 1 aliphatic rings. The zero-order valence-corrected chi connectivity index (χ0v) is 11.9. The van der Waals surface area contributed by atoms with Gasteiger partial charge in [0.25, 0.3) is 0 Å². The largest absolute Gasteiger partial charge is 0.507 e. The van der Waals surface area contributed by atoms with Crippen molar-refractivity contribution in [3.05, 3.63) is 17.7 Å². The van der Waals surface area contributed by atoms with E-state index in [0.717, 1.165) is 26.2 Å². The maximum atomic E-state index is 10.3. The average Bonchev–Trinajstić information content (AvgIpc) is 2.50. The van der Waals surface area contributed by atoms with Crippen molar-refractivity contribution in [2.24, 2.45) is 0 Å². The number of hydrogen-bond donors (Lipinski definition) is 3.